The first-order valence-electron chi connectivity index (χ1n) is 34.3. The molecule has 0 aliphatic rings. The van der Waals surface area contributed by atoms with Crippen molar-refractivity contribution < 1.29 is 15.0 Å². The van der Waals surface area contributed by atoms with E-state index in [9.17, 15) is 15.0 Å². The number of rotatable bonds is 63. The van der Waals surface area contributed by atoms with Crippen molar-refractivity contribution in [3.05, 3.63) is 85.1 Å². The highest BCUT2D eigenvalue weighted by Gasteiger charge is 2.18. The van der Waals surface area contributed by atoms with E-state index in [1.807, 2.05) is 6.08 Å². The monoisotopic (exact) mass is 1070 g/mol. The number of unbranched alkanes of at least 4 members (excludes halogenated alkanes) is 44. The number of carbonyl (C=O) groups is 1. The summed E-state index contributed by atoms with van der Waals surface area (Å²) in [6.45, 7) is 4.22. The van der Waals surface area contributed by atoms with Crippen LogP contribution in [0.25, 0.3) is 0 Å². The Morgan fingerprint density at radius 3 is 0.909 bits per heavy atom. The molecule has 0 heterocycles. The summed E-state index contributed by atoms with van der Waals surface area (Å²) < 4.78 is 0. The maximum Gasteiger partial charge on any atom is 0.220 e. The minimum atomic E-state index is -0.867. The predicted octanol–water partition coefficient (Wildman–Crippen LogP) is 23.4. The fourth-order valence-electron chi connectivity index (χ4n) is 10.5. The van der Waals surface area contributed by atoms with Crippen LogP contribution in [-0.4, -0.2) is 34.9 Å². The highest BCUT2D eigenvalue weighted by molar-refractivity contribution is 5.76. The summed E-state index contributed by atoms with van der Waals surface area (Å²) in [5.41, 5.74) is 0. The fraction of sp³-hybridized carbons (Fsp3) is 0.795. The largest absolute Gasteiger partial charge is 0.394 e. The Hall–Kier alpha value is -2.43. The summed E-state index contributed by atoms with van der Waals surface area (Å²) in [4.78, 5) is 12.5. The topological polar surface area (TPSA) is 69.6 Å². The third-order valence-corrected chi connectivity index (χ3v) is 15.6. The van der Waals surface area contributed by atoms with Crippen LogP contribution in [0.3, 0.4) is 0 Å². The number of aliphatic hydroxyl groups is 2. The van der Waals surface area contributed by atoms with E-state index in [2.05, 4.69) is 92.1 Å². The van der Waals surface area contributed by atoms with Crippen molar-refractivity contribution in [2.45, 2.75) is 366 Å². The van der Waals surface area contributed by atoms with Gasteiger partial charge in [0, 0.05) is 6.42 Å². The number of nitrogens with one attached hydrogen (secondary N) is 1. The van der Waals surface area contributed by atoms with Gasteiger partial charge in [0.15, 0.2) is 0 Å². The van der Waals surface area contributed by atoms with E-state index >= 15 is 0 Å². The van der Waals surface area contributed by atoms with Crippen molar-refractivity contribution in [2.75, 3.05) is 6.61 Å². The molecule has 0 saturated heterocycles. The molecule has 0 rings (SSSR count). The van der Waals surface area contributed by atoms with Crippen LogP contribution in [0.4, 0.5) is 0 Å². The van der Waals surface area contributed by atoms with Gasteiger partial charge in [-0.1, -0.05) is 356 Å². The fourth-order valence-corrected chi connectivity index (χ4v) is 10.5. The summed E-state index contributed by atoms with van der Waals surface area (Å²) in [5, 5.41) is 23.3. The Kier molecular flexibility index (Phi) is 65.7. The molecule has 0 aliphatic carbocycles. The average Bonchev–Trinajstić information content (AvgIpc) is 3.43. The third-order valence-electron chi connectivity index (χ3n) is 15.6. The molecule has 3 N–H and O–H groups in total. The molecule has 448 valence electrons. The van der Waals surface area contributed by atoms with Gasteiger partial charge in [0.25, 0.3) is 0 Å². The molecule has 4 nitrogen and oxygen atoms in total. The van der Waals surface area contributed by atoms with Gasteiger partial charge in [0.05, 0.1) is 18.8 Å². The highest BCUT2D eigenvalue weighted by atomic mass is 16.3. The summed E-state index contributed by atoms with van der Waals surface area (Å²) in [6, 6.07) is -0.644. The SMILES string of the molecule is CC/C=C\C/C=C\C/C=C\C/C=C\C/C=C\CCCCCCCCCCCCCCCCCCCC(=O)NC(CO)C(O)/C=C/CC/C=C/CCCCCCCCCCCCCCCCCCCCCCCCCCCC. The van der Waals surface area contributed by atoms with E-state index in [1.165, 1.54) is 270 Å². The summed E-state index contributed by atoms with van der Waals surface area (Å²) >= 11 is 0. The normalized spacial score (nSPS) is 13.2. The second-order valence-corrected chi connectivity index (χ2v) is 23.2. The van der Waals surface area contributed by atoms with Gasteiger partial charge in [0.1, 0.15) is 0 Å². The molecule has 0 radical (unpaired) electrons. The van der Waals surface area contributed by atoms with E-state index in [0.29, 0.717) is 6.42 Å². The zero-order valence-electron chi connectivity index (χ0n) is 51.7. The van der Waals surface area contributed by atoms with E-state index < -0.39 is 12.1 Å². The first-order chi connectivity index (χ1) is 38.2. The van der Waals surface area contributed by atoms with Gasteiger partial charge in [-0.2, -0.15) is 0 Å². The van der Waals surface area contributed by atoms with Crippen LogP contribution >= 0.6 is 0 Å². The minimum Gasteiger partial charge on any atom is -0.394 e. The number of hydrogen-bond acceptors (Lipinski definition) is 3. The van der Waals surface area contributed by atoms with Gasteiger partial charge in [-0.3, -0.25) is 4.79 Å². The van der Waals surface area contributed by atoms with Crippen molar-refractivity contribution in [3.8, 4) is 0 Å². The lowest BCUT2D eigenvalue weighted by Gasteiger charge is -2.19. The second kappa shape index (κ2) is 67.8. The van der Waals surface area contributed by atoms with Crippen LogP contribution in [0, 0.1) is 0 Å². The first kappa shape index (κ1) is 74.6. The zero-order valence-corrected chi connectivity index (χ0v) is 51.7. The van der Waals surface area contributed by atoms with Crippen molar-refractivity contribution in [2.24, 2.45) is 0 Å². The van der Waals surface area contributed by atoms with Crippen LogP contribution < -0.4 is 5.32 Å². The Bertz CT molecular complexity index is 1360. The number of aliphatic hydroxyl groups excluding tert-OH is 2. The van der Waals surface area contributed by atoms with E-state index in [-0.39, 0.29) is 12.5 Å². The van der Waals surface area contributed by atoms with Gasteiger partial charge < -0.3 is 15.5 Å². The van der Waals surface area contributed by atoms with Gasteiger partial charge in [-0.05, 0) is 77.0 Å². The molecule has 0 saturated carbocycles. The first-order valence-corrected chi connectivity index (χ1v) is 34.3. The molecule has 2 unspecified atom stereocenters. The Morgan fingerprint density at radius 2 is 0.584 bits per heavy atom. The summed E-state index contributed by atoms with van der Waals surface area (Å²) in [7, 11) is 0. The van der Waals surface area contributed by atoms with E-state index in [1.54, 1.807) is 6.08 Å². The molecule has 0 aromatic heterocycles. The number of carbonyl (C=O) groups excluding carboxylic acids is 1. The quantitative estimate of drug-likeness (QED) is 0.0420. The molecule has 0 fully saturated rings. The van der Waals surface area contributed by atoms with Gasteiger partial charge in [0.2, 0.25) is 5.91 Å². The molecular formula is C73H133NO3. The predicted molar refractivity (Wildman–Crippen MR) is 345 cm³/mol. The minimum absolute atomic E-state index is 0.0708. The Labute approximate surface area is 481 Å². The molecule has 0 aromatic rings. The van der Waals surface area contributed by atoms with Crippen LogP contribution in [-0.2, 0) is 4.79 Å². The lowest BCUT2D eigenvalue weighted by Crippen LogP contribution is -2.45. The van der Waals surface area contributed by atoms with Crippen LogP contribution in [0.15, 0.2) is 85.1 Å². The number of allylic oxidation sites excluding steroid dienone is 13. The van der Waals surface area contributed by atoms with Crippen LogP contribution in [0.1, 0.15) is 354 Å². The Morgan fingerprint density at radius 1 is 0.325 bits per heavy atom. The smallest absolute Gasteiger partial charge is 0.220 e. The van der Waals surface area contributed by atoms with Gasteiger partial charge >= 0.3 is 0 Å². The molecule has 0 aromatic carbocycles. The van der Waals surface area contributed by atoms with Crippen LogP contribution in [0.5, 0.6) is 0 Å². The second-order valence-electron chi connectivity index (χ2n) is 23.2. The number of hydrogen-bond donors (Lipinski definition) is 3. The highest BCUT2D eigenvalue weighted by Crippen LogP contribution is 2.18. The molecule has 0 spiro atoms. The summed E-state index contributed by atoms with van der Waals surface area (Å²) in [6.07, 6.45) is 99.5. The van der Waals surface area contributed by atoms with Gasteiger partial charge in [-0.15, -0.1) is 0 Å². The number of amides is 1. The van der Waals surface area contributed by atoms with Crippen molar-refractivity contribution in [3.63, 3.8) is 0 Å². The molecule has 0 bridgehead atoms. The van der Waals surface area contributed by atoms with E-state index in [0.717, 1.165) is 64.2 Å². The van der Waals surface area contributed by atoms with Crippen molar-refractivity contribution >= 4 is 5.91 Å². The van der Waals surface area contributed by atoms with Gasteiger partial charge in [-0.25, -0.2) is 0 Å². The molecule has 4 heteroatoms. The van der Waals surface area contributed by atoms with Crippen molar-refractivity contribution in [1.82, 2.24) is 5.32 Å². The molecular weight excluding hydrogens is 939 g/mol. The summed E-state index contributed by atoms with van der Waals surface area (Å²) in [5.74, 6) is -0.0708. The molecule has 1 amide bonds. The maximum absolute atomic E-state index is 12.5. The molecule has 2 atom stereocenters. The molecule has 0 aliphatic heterocycles. The van der Waals surface area contributed by atoms with E-state index in [4.69, 9.17) is 0 Å². The van der Waals surface area contributed by atoms with Crippen molar-refractivity contribution in [1.29, 1.82) is 0 Å². The maximum atomic E-state index is 12.5. The van der Waals surface area contributed by atoms with Crippen LogP contribution in [0.2, 0.25) is 0 Å². The third kappa shape index (κ3) is 64.3. The lowest BCUT2D eigenvalue weighted by molar-refractivity contribution is -0.123. The lowest BCUT2D eigenvalue weighted by atomic mass is 10.0. The zero-order chi connectivity index (χ0) is 55.5. The average molecular weight is 1070 g/mol. The standard InChI is InChI=1S/C73H133NO3/c1-3-5-7-9-11-13-15-17-19-21-23-25-27-29-31-33-35-37-39-41-43-45-47-49-51-53-55-57-59-61-63-65-67-69-73(77)74-71(70-75)72(76)68-66-64-62-60-58-56-54-52-50-48-46-44-42-40-38-36-34-32-30-28-26-24-22-20-18-16-14-12-10-8-6-4-2/h5,7,11,13,17,19,23,25,29,31,58,60,66,68,71-72,75-76H,3-4,6,8-10,12,14-16,18,20-22,24,26-28,30,32-57,59,61-65,67,69-70H2,1-2H3,(H,74,77)/b7-5-,13-11-,19-17-,25-23-,31-29-,60-58+,68-66+. The Balaban J connectivity index is 3.48. The molecule has 77 heavy (non-hydrogen) atoms.